The van der Waals surface area contributed by atoms with E-state index in [1.54, 1.807) is 31.1 Å². The van der Waals surface area contributed by atoms with Gasteiger partial charge in [-0.05, 0) is 29.8 Å². The number of furan rings is 1. The number of H-pyrrole nitrogens is 1. The van der Waals surface area contributed by atoms with Gasteiger partial charge < -0.3 is 4.42 Å². The molecule has 1 N–H and O–H groups in total. The van der Waals surface area contributed by atoms with Crippen LogP contribution in [0, 0.1) is 0 Å². The second-order valence-corrected chi connectivity index (χ2v) is 4.41. The van der Waals surface area contributed by atoms with Gasteiger partial charge in [0.05, 0.1) is 17.9 Å². The molecule has 0 aliphatic carbocycles. The van der Waals surface area contributed by atoms with Crippen molar-refractivity contribution in [1.82, 2.24) is 20.2 Å². The first-order valence-electron chi connectivity index (χ1n) is 6.19. The summed E-state index contributed by atoms with van der Waals surface area (Å²) in [5, 5.41) is 8.32. The summed E-state index contributed by atoms with van der Waals surface area (Å²) in [6.07, 6.45) is 8.67. The zero-order chi connectivity index (χ0) is 13.4. The number of nitrogens with one attached hydrogen (secondary N) is 1. The van der Waals surface area contributed by atoms with Crippen molar-refractivity contribution in [3.63, 3.8) is 0 Å². The van der Waals surface area contributed by atoms with Crippen molar-refractivity contribution in [2.45, 2.75) is 0 Å². The molecule has 0 fully saturated rings. The van der Waals surface area contributed by atoms with Crippen molar-refractivity contribution in [2.75, 3.05) is 0 Å². The highest BCUT2D eigenvalue weighted by Crippen LogP contribution is 2.33. The number of nitrogens with zero attached hydrogens (tertiary/aromatic N) is 3. The van der Waals surface area contributed by atoms with Crippen molar-refractivity contribution in [3.05, 3.63) is 55.4 Å². The van der Waals surface area contributed by atoms with Gasteiger partial charge >= 0.3 is 0 Å². The number of pyridine rings is 2. The van der Waals surface area contributed by atoms with Crippen LogP contribution in [0.5, 0.6) is 0 Å². The van der Waals surface area contributed by atoms with Gasteiger partial charge in [-0.15, -0.1) is 0 Å². The minimum absolute atomic E-state index is 0.752. The topological polar surface area (TPSA) is 67.6 Å². The highest BCUT2D eigenvalue weighted by atomic mass is 16.3. The van der Waals surface area contributed by atoms with E-state index in [4.69, 9.17) is 4.42 Å². The molecule has 4 rings (SSSR count). The number of rotatable bonds is 2. The predicted octanol–water partition coefficient (Wildman–Crippen LogP) is 3.28. The molecule has 0 saturated carbocycles. The zero-order valence-corrected chi connectivity index (χ0v) is 10.4. The van der Waals surface area contributed by atoms with Gasteiger partial charge in [0.2, 0.25) is 0 Å². The molecular weight excluding hydrogens is 252 g/mol. The van der Waals surface area contributed by atoms with Crippen molar-refractivity contribution in [1.29, 1.82) is 0 Å². The standard InChI is InChI=1S/C15H10N4O/c1-2-10(8-16-5-1)14-13-12(11-4-7-20-9-11)3-6-17-15(13)19-18-14/h1-9H,(H,17,18,19). The highest BCUT2D eigenvalue weighted by Gasteiger charge is 2.14. The van der Waals surface area contributed by atoms with E-state index < -0.39 is 0 Å². The Morgan fingerprint density at radius 3 is 2.85 bits per heavy atom. The van der Waals surface area contributed by atoms with Gasteiger partial charge in [-0.1, -0.05) is 0 Å². The maximum atomic E-state index is 5.18. The summed E-state index contributed by atoms with van der Waals surface area (Å²) >= 11 is 0. The highest BCUT2D eigenvalue weighted by molar-refractivity contribution is 6.01. The summed E-state index contributed by atoms with van der Waals surface area (Å²) < 4.78 is 5.18. The van der Waals surface area contributed by atoms with Crippen LogP contribution in [0.15, 0.2) is 59.8 Å². The minimum atomic E-state index is 0.752. The monoisotopic (exact) mass is 262 g/mol. The zero-order valence-electron chi connectivity index (χ0n) is 10.4. The summed E-state index contributed by atoms with van der Waals surface area (Å²) in [5.41, 5.74) is 4.59. The molecule has 4 heterocycles. The van der Waals surface area contributed by atoms with Gasteiger partial charge in [-0.3, -0.25) is 10.1 Å². The van der Waals surface area contributed by atoms with E-state index in [0.717, 1.165) is 33.4 Å². The second kappa shape index (κ2) is 4.31. The van der Waals surface area contributed by atoms with Crippen molar-refractivity contribution in [3.8, 4) is 22.4 Å². The van der Waals surface area contributed by atoms with E-state index in [1.807, 2.05) is 24.3 Å². The average Bonchev–Trinajstić information content (AvgIpc) is 3.17. The first-order chi connectivity index (χ1) is 9.93. The second-order valence-electron chi connectivity index (χ2n) is 4.41. The molecule has 20 heavy (non-hydrogen) atoms. The lowest BCUT2D eigenvalue weighted by atomic mass is 10.0. The quantitative estimate of drug-likeness (QED) is 0.602. The Labute approximate surface area is 114 Å². The first-order valence-corrected chi connectivity index (χ1v) is 6.19. The lowest BCUT2D eigenvalue weighted by Crippen LogP contribution is -1.83. The average molecular weight is 262 g/mol. The van der Waals surface area contributed by atoms with E-state index in [0.29, 0.717) is 0 Å². The van der Waals surface area contributed by atoms with Gasteiger partial charge in [0.1, 0.15) is 5.69 Å². The molecule has 4 aromatic heterocycles. The Bertz CT molecular complexity index is 850. The molecule has 0 aromatic carbocycles. The Hall–Kier alpha value is -2.95. The molecule has 0 radical (unpaired) electrons. The molecule has 0 amide bonds. The maximum absolute atomic E-state index is 5.18. The van der Waals surface area contributed by atoms with E-state index >= 15 is 0 Å². The Balaban J connectivity index is 2.04. The number of hydrogen-bond acceptors (Lipinski definition) is 4. The number of aromatic nitrogens is 4. The normalized spacial score (nSPS) is 11.0. The first kappa shape index (κ1) is 10.9. The predicted molar refractivity (Wildman–Crippen MR) is 74.8 cm³/mol. The number of hydrogen-bond donors (Lipinski definition) is 1. The Morgan fingerprint density at radius 2 is 2.05 bits per heavy atom. The van der Waals surface area contributed by atoms with Crippen LogP contribution < -0.4 is 0 Å². The summed E-state index contributed by atoms with van der Waals surface area (Å²) in [7, 11) is 0. The van der Waals surface area contributed by atoms with Gasteiger partial charge in [-0.25, -0.2) is 4.98 Å². The summed E-state index contributed by atoms with van der Waals surface area (Å²) in [5.74, 6) is 0. The largest absolute Gasteiger partial charge is 0.472 e. The summed E-state index contributed by atoms with van der Waals surface area (Å²) in [4.78, 5) is 8.48. The molecular formula is C15H10N4O. The van der Waals surface area contributed by atoms with Crippen LogP contribution in [0.2, 0.25) is 0 Å². The molecule has 0 saturated heterocycles. The van der Waals surface area contributed by atoms with Crippen LogP contribution in [0.4, 0.5) is 0 Å². The van der Waals surface area contributed by atoms with Crippen LogP contribution in [0.25, 0.3) is 33.4 Å². The van der Waals surface area contributed by atoms with E-state index in [1.165, 1.54) is 0 Å². The fraction of sp³-hybridized carbons (Fsp3) is 0. The van der Waals surface area contributed by atoms with E-state index in [2.05, 4.69) is 20.2 Å². The summed E-state index contributed by atoms with van der Waals surface area (Å²) in [6, 6.07) is 7.76. The van der Waals surface area contributed by atoms with Crippen LogP contribution >= 0.6 is 0 Å². The molecule has 0 aliphatic rings. The van der Waals surface area contributed by atoms with Crippen molar-refractivity contribution < 1.29 is 4.42 Å². The number of aromatic amines is 1. The molecule has 4 aromatic rings. The molecule has 0 aliphatic heterocycles. The van der Waals surface area contributed by atoms with Gasteiger partial charge in [0.25, 0.3) is 0 Å². The van der Waals surface area contributed by atoms with Gasteiger partial charge in [-0.2, -0.15) is 5.10 Å². The Kier molecular flexibility index (Phi) is 2.35. The minimum Gasteiger partial charge on any atom is -0.472 e. The molecule has 5 heteroatoms. The number of fused-ring (bicyclic) bond motifs is 1. The summed E-state index contributed by atoms with van der Waals surface area (Å²) in [6.45, 7) is 0. The van der Waals surface area contributed by atoms with Gasteiger partial charge in [0.15, 0.2) is 5.65 Å². The Morgan fingerprint density at radius 1 is 1.05 bits per heavy atom. The smallest absolute Gasteiger partial charge is 0.156 e. The van der Waals surface area contributed by atoms with Crippen molar-refractivity contribution in [2.24, 2.45) is 0 Å². The fourth-order valence-corrected chi connectivity index (χ4v) is 2.32. The van der Waals surface area contributed by atoms with Crippen LogP contribution in [-0.4, -0.2) is 20.2 Å². The molecule has 0 atom stereocenters. The SMILES string of the molecule is c1cncc(-c2n[nH]c3nccc(-c4ccoc4)c23)c1. The lowest BCUT2D eigenvalue weighted by molar-refractivity contribution is 0.568. The third kappa shape index (κ3) is 1.60. The molecule has 0 unspecified atom stereocenters. The van der Waals surface area contributed by atoms with Crippen molar-refractivity contribution >= 4 is 11.0 Å². The molecule has 5 nitrogen and oxygen atoms in total. The molecule has 96 valence electrons. The van der Waals surface area contributed by atoms with Crippen LogP contribution in [0.1, 0.15) is 0 Å². The molecule has 0 spiro atoms. The van der Waals surface area contributed by atoms with E-state index in [-0.39, 0.29) is 0 Å². The van der Waals surface area contributed by atoms with Gasteiger partial charge in [0, 0.05) is 29.7 Å². The maximum Gasteiger partial charge on any atom is 0.156 e. The van der Waals surface area contributed by atoms with Crippen LogP contribution in [-0.2, 0) is 0 Å². The fourth-order valence-electron chi connectivity index (χ4n) is 2.32. The lowest BCUT2D eigenvalue weighted by Gasteiger charge is -2.02. The molecule has 0 bridgehead atoms. The van der Waals surface area contributed by atoms with E-state index in [9.17, 15) is 0 Å². The van der Waals surface area contributed by atoms with Crippen LogP contribution in [0.3, 0.4) is 0 Å². The third-order valence-corrected chi connectivity index (χ3v) is 3.23. The third-order valence-electron chi connectivity index (χ3n) is 3.23.